The molecule has 9 heteroatoms. The van der Waals surface area contributed by atoms with Gasteiger partial charge in [-0.15, -0.1) is 0 Å². The molecule has 1 amide bonds. The number of nitrogens with one attached hydrogen (secondary N) is 4. The minimum atomic E-state index is -0.206. The maximum Gasteiger partial charge on any atom is 0.309 e. The highest BCUT2D eigenvalue weighted by Crippen LogP contribution is 2.24. The summed E-state index contributed by atoms with van der Waals surface area (Å²) in [6.45, 7) is 4.50. The van der Waals surface area contributed by atoms with Crippen molar-refractivity contribution < 1.29 is 19.1 Å². The highest BCUT2D eigenvalue weighted by molar-refractivity contribution is 5.79. The average Bonchev–Trinajstić information content (AvgIpc) is 2.79. The van der Waals surface area contributed by atoms with Crippen LogP contribution in [0, 0.1) is 11.8 Å². The van der Waals surface area contributed by atoms with Crippen molar-refractivity contribution >= 4 is 11.9 Å². The van der Waals surface area contributed by atoms with Crippen molar-refractivity contribution in [2.75, 3.05) is 40.4 Å². The molecule has 172 valence electrons. The summed E-state index contributed by atoms with van der Waals surface area (Å²) in [4.78, 5) is 26.9. The lowest BCUT2D eigenvalue weighted by atomic mass is 9.91. The molecule has 0 aromatic heterocycles. The van der Waals surface area contributed by atoms with E-state index < -0.39 is 0 Å². The number of carbonyl (C=O) groups is 2. The molecule has 0 spiro atoms. The van der Waals surface area contributed by atoms with Crippen LogP contribution >= 0.6 is 0 Å². The average molecular weight is 426 g/mol. The monoisotopic (exact) mass is 425 g/mol. The van der Waals surface area contributed by atoms with Crippen LogP contribution in [0.25, 0.3) is 0 Å². The van der Waals surface area contributed by atoms with Gasteiger partial charge in [0.1, 0.15) is 6.29 Å². The van der Waals surface area contributed by atoms with Gasteiger partial charge in [0, 0.05) is 39.8 Å². The Balaban J connectivity index is 1.60. The zero-order valence-electron chi connectivity index (χ0n) is 18.6. The number of carbonyl (C=O) groups excluding carboxylic acids is 2. The number of hydrogen-bond donors (Lipinski definition) is 4. The summed E-state index contributed by atoms with van der Waals surface area (Å²) in [6.07, 6.45) is 6.07. The quantitative estimate of drug-likeness (QED) is 0.422. The lowest BCUT2D eigenvalue weighted by Crippen LogP contribution is -2.72. The third-order valence-corrected chi connectivity index (χ3v) is 6.77. The number of amides is 1. The molecule has 0 bridgehead atoms. The number of methoxy groups -OCH3 is 1. The van der Waals surface area contributed by atoms with E-state index in [1.165, 1.54) is 12.8 Å². The first kappa shape index (κ1) is 23.4. The van der Waals surface area contributed by atoms with Crippen LogP contribution in [0.2, 0.25) is 0 Å². The molecule has 5 unspecified atom stereocenters. The van der Waals surface area contributed by atoms with E-state index in [1.54, 1.807) is 14.2 Å². The van der Waals surface area contributed by atoms with Gasteiger partial charge in [-0.2, -0.15) is 0 Å². The summed E-state index contributed by atoms with van der Waals surface area (Å²) in [6, 6.07) is 0.238. The van der Waals surface area contributed by atoms with Crippen molar-refractivity contribution in [1.82, 2.24) is 26.2 Å². The summed E-state index contributed by atoms with van der Waals surface area (Å²) >= 11 is 0. The zero-order valence-corrected chi connectivity index (χ0v) is 18.6. The number of rotatable bonds is 7. The minimum Gasteiger partial charge on any atom is -0.466 e. The van der Waals surface area contributed by atoms with E-state index in [9.17, 15) is 9.59 Å². The molecule has 0 aromatic carbocycles. The Morgan fingerprint density at radius 3 is 2.53 bits per heavy atom. The molecule has 5 atom stereocenters. The van der Waals surface area contributed by atoms with E-state index in [4.69, 9.17) is 9.47 Å². The predicted octanol–water partition coefficient (Wildman–Crippen LogP) is -0.0266. The number of piperidine rings is 1. The van der Waals surface area contributed by atoms with Crippen molar-refractivity contribution in [2.24, 2.45) is 11.8 Å². The normalized spacial score (nSPS) is 33.8. The second kappa shape index (κ2) is 11.4. The first-order valence-corrected chi connectivity index (χ1v) is 11.5. The smallest absolute Gasteiger partial charge is 0.309 e. The number of likely N-dealkylation sites (tertiary alicyclic amines) is 1. The first-order chi connectivity index (χ1) is 14.6. The SMILES string of the molecule is CCOC(=O)C1CCN(C2NCC(C(=O)NC)C(NC3CCCCC3OC)N2)CC1. The van der Waals surface area contributed by atoms with E-state index in [-0.39, 0.29) is 48.3 Å². The van der Waals surface area contributed by atoms with E-state index in [2.05, 4.69) is 26.2 Å². The van der Waals surface area contributed by atoms with Crippen molar-refractivity contribution in [3.8, 4) is 0 Å². The van der Waals surface area contributed by atoms with Crippen LogP contribution < -0.4 is 21.3 Å². The fraction of sp³-hybridized carbons (Fsp3) is 0.905. The Kier molecular flexibility index (Phi) is 8.88. The maximum atomic E-state index is 12.5. The van der Waals surface area contributed by atoms with Crippen LogP contribution in [0.5, 0.6) is 0 Å². The topological polar surface area (TPSA) is 104 Å². The summed E-state index contributed by atoms with van der Waals surface area (Å²) in [5, 5.41) is 13.6. The van der Waals surface area contributed by atoms with Crippen LogP contribution in [0.3, 0.4) is 0 Å². The molecule has 4 N–H and O–H groups in total. The molecule has 30 heavy (non-hydrogen) atoms. The van der Waals surface area contributed by atoms with Crippen LogP contribution in [0.1, 0.15) is 45.4 Å². The molecular formula is C21H39N5O4. The van der Waals surface area contributed by atoms with Crippen molar-refractivity contribution in [3.63, 3.8) is 0 Å². The minimum absolute atomic E-state index is 0.0120. The molecule has 2 saturated heterocycles. The molecule has 3 aliphatic rings. The maximum absolute atomic E-state index is 12.5. The van der Waals surface area contributed by atoms with Crippen molar-refractivity contribution in [3.05, 3.63) is 0 Å². The largest absolute Gasteiger partial charge is 0.466 e. The summed E-state index contributed by atoms with van der Waals surface area (Å²) in [5.74, 6) is -0.273. The van der Waals surface area contributed by atoms with Gasteiger partial charge < -0.3 is 14.8 Å². The Morgan fingerprint density at radius 1 is 1.13 bits per heavy atom. The highest BCUT2D eigenvalue weighted by atomic mass is 16.5. The Morgan fingerprint density at radius 2 is 1.87 bits per heavy atom. The van der Waals surface area contributed by atoms with Crippen LogP contribution in [0.4, 0.5) is 0 Å². The van der Waals surface area contributed by atoms with Gasteiger partial charge in [-0.25, -0.2) is 0 Å². The van der Waals surface area contributed by atoms with E-state index in [0.29, 0.717) is 13.2 Å². The molecule has 3 fully saturated rings. The molecule has 0 aromatic rings. The van der Waals surface area contributed by atoms with E-state index in [0.717, 1.165) is 38.8 Å². The molecular weight excluding hydrogens is 386 g/mol. The predicted molar refractivity (Wildman–Crippen MR) is 113 cm³/mol. The lowest BCUT2D eigenvalue weighted by Gasteiger charge is -2.46. The van der Waals surface area contributed by atoms with Gasteiger partial charge in [0.05, 0.1) is 30.7 Å². The van der Waals surface area contributed by atoms with Crippen LogP contribution in [0.15, 0.2) is 0 Å². The van der Waals surface area contributed by atoms with Crippen LogP contribution in [-0.4, -0.2) is 81.8 Å². The van der Waals surface area contributed by atoms with Crippen molar-refractivity contribution in [1.29, 1.82) is 0 Å². The molecule has 0 radical (unpaired) electrons. The third kappa shape index (κ3) is 5.70. The number of esters is 1. The van der Waals surface area contributed by atoms with Gasteiger partial charge in [-0.3, -0.25) is 30.4 Å². The Bertz CT molecular complexity index is 570. The Hall–Kier alpha value is -1.26. The second-order valence-electron chi connectivity index (χ2n) is 8.57. The van der Waals surface area contributed by atoms with Crippen LogP contribution in [-0.2, 0) is 19.1 Å². The van der Waals surface area contributed by atoms with Gasteiger partial charge in [-0.1, -0.05) is 12.8 Å². The van der Waals surface area contributed by atoms with E-state index >= 15 is 0 Å². The highest BCUT2D eigenvalue weighted by Gasteiger charge is 2.39. The van der Waals surface area contributed by atoms with E-state index in [1.807, 2.05) is 6.92 Å². The van der Waals surface area contributed by atoms with Crippen molar-refractivity contribution in [2.45, 2.75) is 70.0 Å². The second-order valence-corrected chi connectivity index (χ2v) is 8.57. The standard InChI is InChI=1S/C21H39N5O4/c1-4-30-20(28)14-9-11-26(12-10-14)21-23-13-15(19(27)22-2)18(25-21)24-16-7-5-6-8-17(16)29-3/h14-18,21,23-25H,4-13H2,1-3H3,(H,22,27). The zero-order chi connectivity index (χ0) is 21.5. The summed E-state index contributed by atoms with van der Waals surface area (Å²) in [5.41, 5.74) is 0. The fourth-order valence-electron chi connectivity index (χ4n) is 4.98. The summed E-state index contributed by atoms with van der Waals surface area (Å²) < 4.78 is 10.9. The first-order valence-electron chi connectivity index (χ1n) is 11.5. The number of hydrogen-bond acceptors (Lipinski definition) is 8. The number of nitrogens with zero attached hydrogens (tertiary/aromatic N) is 1. The van der Waals surface area contributed by atoms with Gasteiger partial charge in [0.25, 0.3) is 0 Å². The van der Waals surface area contributed by atoms with Gasteiger partial charge in [0.2, 0.25) is 5.91 Å². The van der Waals surface area contributed by atoms with Gasteiger partial charge >= 0.3 is 5.97 Å². The molecule has 2 heterocycles. The molecule has 9 nitrogen and oxygen atoms in total. The Labute approximate surface area is 180 Å². The molecule has 3 rings (SSSR count). The third-order valence-electron chi connectivity index (χ3n) is 6.77. The molecule has 1 aliphatic carbocycles. The summed E-state index contributed by atoms with van der Waals surface area (Å²) in [7, 11) is 3.46. The van der Waals surface area contributed by atoms with Gasteiger partial charge in [-0.05, 0) is 32.6 Å². The fourth-order valence-corrected chi connectivity index (χ4v) is 4.98. The molecule has 1 saturated carbocycles. The molecule has 2 aliphatic heterocycles. The number of ether oxygens (including phenoxy) is 2. The lowest BCUT2D eigenvalue weighted by molar-refractivity contribution is -0.150. The van der Waals surface area contributed by atoms with Gasteiger partial charge in [0.15, 0.2) is 0 Å².